The second-order valence-electron chi connectivity index (χ2n) is 8.94. The van der Waals surface area contributed by atoms with E-state index in [0.29, 0.717) is 6.54 Å². The second kappa shape index (κ2) is 8.38. The van der Waals surface area contributed by atoms with Crippen LogP contribution in [0.15, 0.2) is 23.1 Å². The third kappa shape index (κ3) is 3.77. The third-order valence-corrected chi connectivity index (χ3v) is 5.98. The number of fused-ring (bicyclic) bond motifs is 3. The summed E-state index contributed by atoms with van der Waals surface area (Å²) in [6.45, 7) is 9.93. The maximum atomic E-state index is 13.6. The molecular formula is C24H28N2O7. The molecule has 33 heavy (non-hydrogen) atoms. The highest BCUT2D eigenvalue weighted by molar-refractivity contribution is 6.31. The van der Waals surface area contributed by atoms with Gasteiger partial charge in [-0.1, -0.05) is 13.8 Å². The zero-order valence-electron chi connectivity index (χ0n) is 19.5. The quantitative estimate of drug-likeness (QED) is 0.289. The summed E-state index contributed by atoms with van der Waals surface area (Å²) < 4.78 is 5.72. The average Bonchev–Trinajstić information content (AvgIpc) is 3.02. The molecular weight excluding hydrogens is 428 g/mol. The Morgan fingerprint density at radius 3 is 2.33 bits per heavy atom. The molecule has 1 heterocycles. The number of aromatic hydroxyl groups is 2. The van der Waals surface area contributed by atoms with Crippen LogP contribution in [0.25, 0.3) is 0 Å². The van der Waals surface area contributed by atoms with E-state index in [1.54, 1.807) is 0 Å². The smallest absolute Gasteiger partial charge is 0.239 e. The Morgan fingerprint density at radius 1 is 1.12 bits per heavy atom. The average molecular weight is 456 g/mol. The Labute approximate surface area is 191 Å². The molecule has 1 unspecified atom stereocenters. The van der Waals surface area contributed by atoms with Gasteiger partial charge in [0.15, 0.2) is 17.3 Å². The highest BCUT2D eigenvalue weighted by atomic mass is 16.5. The van der Waals surface area contributed by atoms with Crippen molar-refractivity contribution in [3.05, 3.63) is 39.8 Å². The third-order valence-electron chi connectivity index (χ3n) is 5.98. The van der Waals surface area contributed by atoms with Crippen LogP contribution in [-0.4, -0.2) is 46.6 Å². The zero-order chi connectivity index (χ0) is 24.8. The molecule has 1 aliphatic heterocycles. The number of carbonyl (C=O) groups is 4. The number of carbonyl (C=O) groups excluding carboxylic acids is 4. The van der Waals surface area contributed by atoms with Crippen molar-refractivity contribution in [3.63, 3.8) is 0 Å². The molecule has 2 aliphatic rings. The summed E-state index contributed by atoms with van der Waals surface area (Å²) >= 11 is 0. The number of Topliss-reactive ketones (excluding diaryl/α,β-unsaturated/α-hetero) is 2. The minimum Gasteiger partial charge on any atom is -0.507 e. The van der Waals surface area contributed by atoms with E-state index in [1.165, 1.54) is 27.7 Å². The second-order valence-corrected chi connectivity index (χ2v) is 8.94. The van der Waals surface area contributed by atoms with Crippen LogP contribution in [0.4, 0.5) is 0 Å². The predicted molar refractivity (Wildman–Crippen MR) is 119 cm³/mol. The first kappa shape index (κ1) is 24.0. The van der Waals surface area contributed by atoms with Gasteiger partial charge in [-0.25, -0.2) is 0 Å². The number of phenolic OH excluding ortho intramolecular Hbond substituents is 2. The number of benzene rings is 1. The normalized spacial score (nSPS) is 20.6. The van der Waals surface area contributed by atoms with E-state index < -0.39 is 28.5 Å². The van der Waals surface area contributed by atoms with E-state index in [0.717, 1.165) is 6.08 Å². The fourth-order valence-corrected chi connectivity index (χ4v) is 4.04. The molecule has 9 nitrogen and oxygen atoms in total. The largest absolute Gasteiger partial charge is 0.507 e. The molecule has 4 N–H and O–H groups in total. The number of rotatable bonds is 6. The van der Waals surface area contributed by atoms with Crippen molar-refractivity contribution in [2.75, 3.05) is 13.1 Å². The monoisotopic (exact) mass is 456 g/mol. The van der Waals surface area contributed by atoms with Crippen molar-refractivity contribution in [1.29, 1.82) is 0 Å². The molecule has 0 spiro atoms. The minimum absolute atomic E-state index is 0.0201. The van der Waals surface area contributed by atoms with Crippen LogP contribution in [0.5, 0.6) is 17.2 Å². The van der Waals surface area contributed by atoms with Gasteiger partial charge >= 0.3 is 0 Å². The Morgan fingerprint density at radius 2 is 1.76 bits per heavy atom. The summed E-state index contributed by atoms with van der Waals surface area (Å²) in [6, 6.07) is 0. The molecule has 0 saturated carbocycles. The summed E-state index contributed by atoms with van der Waals surface area (Å²) in [6.07, 6.45) is 1.14. The molecule has 1 amide bonds. The van der Waals surface area contributed by atoms with Crippen molar-refractivity contribution in [2.24, 2.45) is 5.92 Å². The molecule has 1 aromatic rings. The van der Waals surface area contributed by atoms with E-state index in [9.17, 15) is 29.4 Å². The SMILES string of the molecule is CC(=O)c1c(O)c(C)c(O)c2c1OC1=CC(=O)C(=C(C)NCC(=O)NCC(C)C)C(=O)C12C. The lowest BCUT2D eigenvalue weighted by Crippen LogP contribution is -2.42. The molecule has 1 aromatic carbocycles. The van der Waals surface area contributed by atoms with Gasteiger partial charge in [-0.05, 0) is 33.6 Å². The Kier molecular flexibility index (Phi) is 6.10. The van der Waals surface area contributed by atoms with Crippen LogP contribution in [0.1, 0.15) is 56.1 Å². The number of hydrogen-bond donors (Lipinski definition) is 4. The number of ketones is 3. The number of nitrogens with one attached hydrogen (secondary N) is 2. The molecule has 3 rings (SSSR count). The first-order valence-electron chi connectivity index (χ1n) is 10.6. The Bertz CT molecular complexity index is 1160. The first-order chi connectivity index (χ1) is 15.3. The molecule has 0 bridgehead atoms. The molecule has 9 heteroatoms. The van der Waals surface area contributed by atoms with Gasteiger partial charge in [0.1, 0.15) is 34.0 Å². The van der Waals surface area contributed by atoms with Gasteiger partial charge in [0.2, 0.25) is 5.91 Å². The van der Waals surface area contributed by atoms with Gasteiger partial charge in [0.05, 0.1) is 17.7 Å². The highest BCUT2D eigenvalue weighted by Crippen LogP contribution is 2.57. The van der Waals surface area contributed by atoms with Crippen molar-refractivity contribution >= 4 is 23.3 Å². The number of ether oxygens (including phenoxy) is 1. The van der Waals surface area contributed by atoms with Crippen molar-refractivity contribution in [2.45, 2.75) is 47.0 Å². The number of phenols is 2. The lowest BCUT2D eigenvalue weighted by Gasteiger charge is -2.29. The van der Waals surface area contributed by atoms with Crippen LogP contribution >= 0.6 is 0 Å². The minimum atomic E-state index is -1.59. The van der Waals surface area contributed by atoms with E-state index in [-0.39, 0.29) is 63.6 Å². The summed E-state index contributed by atoms with van der Waals surface area (Å²) in [4.78, 5) is 50.7. The summed E-state index contributed by atoms with van der Waals surface area (Å²) in [5.41, 5.74) is -1.68. The summed E-state index contributed by atoms with van der Waals surface area (Å²) in [5.74, 6) is -2.82. The molecule has 1 aliphatic carbocycles. The fourth-order valence-electron chi connectivity index (χ4n) is 4.04. The van der Waals surface area contributed by atoms with Crippen molar-refractivity contribution < 1.29 is 34.1 Å². The maximum Gasteiger partial charge on any atom is 0.239 e. The highest BCUT2D eigenvalue weighted by Gasteiger charge is 2.56. The summed E-state index contributed by atoms with van der Waals surface area (Å²) in [5, 5.41) is 26.8. The Balaban J connectivity index is 2.06. The van der Waals surface area contributed by atoms with Crippen LogP contribution in [0.2, 0.25) is 0 Å². The van der Waals surface area contributed by atoms with Crippen LogP contribution in [-0.2, 0) is 19.8 Å². The van der Waals surface area contributed by atoms with Gasteiger partial charge in [0.25, 0.3) is 0 Å². The van der Waals surface area contributed by atoms with Gasteiger partial charge in [0, 0.05) is 23.9 Å². The van der Waals surface area contributed by atoms with Crippen LogP contribution in [0, 0.1) is 12.8 Å². The number of allylic oxidation sites excluding steroid dienone is 4. The lowest BCUT2D eigenvalue weighted by atomic mass is 9.70. The van der Waals surface area contributed by atoms with Gasteiger partial charge in [-0.2, -0.15) is 0 Å². The molecule has 0 saturated heterocycles. The molecule has 0 radical (unpaired) electrons. The lowest BCUT2D eigenvalue weighted by molar-refractivity contribution is -0.124. The van der Waals surface area contributed by atoms with Gasteiger partial charge < -0.3 is 25.6 Å². The topological polar surface area (TPSA) is 142 Å². The van der Waals surface area contributed by atoms with E-state index in [1.807, 2.05) is 13.8 Å². The van der Waals surface area contributed by atoms with Crippen LogP contribution < -0.4 is 15.4 Å². The standard InChI is InChI=1S/C24H28N2O7/c1-10(2)8-26-16(29)9-25-12(4)17-14(28)7-15-24(6,23(17)32)19-21(31)11(3)20(30)18(13(5)27)22(19)33-15/h7,10,25,30-31H,8-9H2,1-6H3,(H,26,29). The van der Waals surface area contributed by atoms with Crippen molar-refractivity contribution in [3.8, 4) is 17.2 Å². The maximum absolute atomic E-state index is 13.6. The molecule has 1 atom stereocenters. The first-order valence-corrected chi connectivity index (χ1v) is 10.6. The van der Waals surface area contributed by atoms with E-state index in [4.69, 9.17) is 4.74 Å². The number of hydrogen-bond acceptors (Lipinski definition) is 8. The Hall–Kier alpha value is -3.62. The molecule has 176 valence electrons. The van der Waals surface area contributed by atoms with E-state index in [2.05, 4.69) is 10.6 Å². The zero-order valence-corrected chi connectivity index (χ0v) is 19.5. The fraction of sp³-hybridized carbons (Fsp3) is 0.417. The molecule has 0 fully saturated rings. The summed E-state index contributed by atoms with van der Waals surface area (Å²) in [7, 11) is 0. The number of amides is 1. The predicted octanol–water partition coefficient (Wildman–Crippen LogP) is 1.93. The van der Waals surface area contributed by atoms with Crippen molar-refractivity contribution in [1.82, 2.24) is 10.6 Å². The van der Waals surface area contributed by atoms with Crippen LogP contribution in [0.3, 0.4) is 0 Å². The van der Waals surface area contributed by atoms with Gasteiger partial charge in [-0.15, -0.1) is 0 Å². The van der Waals surface area contributed by atoms with Gasteiger partial charge in [-0.3, -0.25) is 19.2 Å². The van der Waals surface area contributed by atoms with E-state index >= 15 is 0 Å². The molecule has 0 aromatic heterocycles.